The van der Waals surface area contributed by atoms with E-state index in [0.29, 0.717) is 0 Å². The Labute approximate surface area is 121 Å². The molecule has 0 bridgehead atoms. The minimum atomic E-state index is -0.453. The number of nitrogens with zero attached hydrogens (tertiary/aromatic N) is 2. The smallest absolute Gasteiger partial charge is 0.0798 e. The Balaban J connectivity index is 2.44. The summed E-state index contributed by atoms with van der Waals surface area (Å²) < 4.78 is 2.06. The van der Waals surface area contributed by atoms with Gasteiger partial charge in [0.25, 0.3) is 0 Å². The van der Waals surface area contributed by atoms with Crippen molar-refractivity contribution in [2.24, 2.45) is 0 Å². The maximum Gasteiger partial charge on any atom is 0.0798 e. The fraction of sp³-hybridized carbons (Fsp3) is 0.471. The van der Waals surface area contributed by atoms with Gasteiger partial charge in [0, 0.05) is 11.3 Å². The molecular weight excluding hydrogens is 248 g/mol. The minimum absolute atomic E-state index is 0.453. The largest absolute Gasteiger partial charge is 0.389 e. The fourth-order valence-electron chi connectivity index (χ4n) is 2.76. The van der Waals surface area contributed by atoms with Gasteiger partial charge in [-0.2, -0.15) is 5.10 Å². The number of aliphatic hydroxyl groups is 1. The second-order valence-electron chi connectivity index (χ2n) is 5.27. The summed E-state index contributed by atoms with van der Waals surface area (Å²) in [7, 11) is 0. The Morgan fingerprint density at radius 2 is 1.90 bits per heavy atom. The summed E-state index contributed by atoms with van der Waals surface area (Å²) in [5, 5.41) is 14.7. The minimum Gasteiger partial charge on any atom is -0.389 e. The summed E-state index contributed by atoms with van der Waals surface area (Å²) in [6, 6.07) is 8.39. The van der Waals surface area contributed by atoms with Crippen LogP contribution < -0.4 is 0 Å². The van der Waals surface area contributed by atoms with E-state index in [2.05, 4.69) is 49.7 Å². The molecule has 3 heteroatoms. The topological polar surface area (TPSA) is 38.0 Å². The summed E-state index contributed by atoms with van der Waals surface area (Å²) in [5.74, 6) is 0. The molecule has 0 spiro atoms. The first-order valence-electron chi connectivity index (χ1n) is 7.39. The van der Waals surface area contributed by atoms with E-state index in [9.17, 15) is 5.11 Å². The Morgan fingerprint density at radius 3 is 2.45 bits per heavy atom. The van der Waals surface area contributed by atoms with E-state index in [1.165, 1.54) is 11.1 Å². The van der Waals surface area contributed by atoms with Crippen LogP contribution in [0, 0.1) is 6.92 Å². The van der Waals surface area contributed by atoms with Crippen molar-refractivity contribution in [3.8, 4) is 0 Å². The first-order chi connectivity index (χ1) is 9.58. The van der Waals surface area contributed by atoms with E-state index < -0.39 is 6.10 Å². The molecule has 0 radical (unpaired) electrons. The van der Waals surface area contributed by atoms with Crippen LogP contribution in [0.1, 0.15) is 55.0 Å². The Hall–Kier alpha value is -1.61. The number of aliphatic hydroxyl groups excluding tert-OH is 1. The summed E-state index contributed by atoms with van der Waals surface area (Å²) >= 11 is 0. The number of rotatable bonds is 5. The molecule has 0 aliphatic carbocycles. The summed E-state index contributed by atoms with van der Waals surface area (Å²) in [6.45, 7) is 8.94. The monoisotopic (exact) mass is 272 g/mol. The number of aromatic nitrogens is 2. The van der Waals surface area contributed by atoms with Gasteiger partial charge < -0.3 is 5.11 Å². The van der Waals surface area contributed by atoms with Crippen molar-refractivity contribution in [2.45, 2.75) is 53.2 Å². The van der Waals surface area contributed by atoms with Crippen LogP contribution in [0.3, 0.4) is 0 Å². The van der Waals surface area contributed by atoms with Gasteiger partial charge in [0.15, 0.2) is 0 Å². The third-order valence-electron chi connectivity index (χ3n) is 3.84. The highest BCUT2D eigenvalue weighted by atomic mass is 16.3. The zero-order chi connectivity index (χ0) is 14.7. The fourth-order valence-corrected chi connectivity index (χ4v) is 2.76. The molecule has 0 amide bonds. The second kappa shape index (κ2) is 6.23. The first-order valence-corrected chi connectivity index (χ1v) is 7.39. The lowest BCUT2D eigenvalue weighted by atomic mass is 10.0. The quantitative estimate of drug-likeness (QED) is 0.905. The Bertz CT molecular complexity index is 585. The van der Waals surface area contributed by atoms with E-state index in [4.69, 9.17) is 5.10 Å². The first kappa shape index (κ1) is 14.8. The zero-order valence-electron chi connectivity index (χ0n) is 12.8. The molecule has 1 aromatic heterocycles. The van der Waals surface area contributed by atoms with Crippen molar-refractivity contribution in [1.29, 1.82) is 0 Å². The molecule has 1 heterocycles. The van der Waals surface area contributed by atoms with Crippen LogP contribution in [-0.4, -0.2) is 14.9 Å². The Kier molecular flexibility index (Phi) is 4.61. The van der Waals surface area contributed by atoms with Crippen molar-refractivity contribution in [3.05, 3.63) is 52.3 Å². The standard InChI is InChI=1S/C17H24N2O/c1-5-15-17(13(4)20)16(6-2)19(18-15)11-14-10-8-7-9-12(14)3/h7-10,13,20H,5-6,11H2,1-4H3. The molecule has 1 N–H and O–H groups in total. The van der Waals surface area contributed by atoms with Gasteiger partial charge in [0.2, 0.25) is 0 Å². The van der Waals surface area contributed by atoms with Crippen LogP contribution >= 0.6 is 0 Å². The van der Waals surface area contributed by atoms with E-state index >= 15 is 0 Å². The lowest BCUT2D eigenvalue weighted by Gasteiger charge is -2.11. The highest BCUT2D eigenvalue weighted by molar-refractivity contribution is 5.31. The van der Waals surface area contributed by atoms with Crippen LogP contribution in [0.5, 0.6) is 0 Å². The molecule has 0 fully saturated rings. The van der Waals surface area contributed by atoms with Crippen molar-refractivity contribution >= 4 is 0 Å². The Morgan fingerprint density at radius 1 is 1.20 bits per heavy atom. The van der Waals surface area contributed by atoms with E-state index in [0.717, 1.165) is 36.3 Å². The van der Waals surface area contributed by atoms with E-state index in [1.54, 1.807) is 0 Å². The molecule has 3 nitrogen and oxygen atoms in total. The van der Waals surface area contributed by atoms with Crippen LogP contribution in [-0.2, 0) is 19.4 Å². The molecule has 20 heavy (non-hydrogen) atoms. The summed E-state index contributed by atoms with van der Waals surface area (Å²) in [5.41, 5.74) is 5.75. The predicted octanol–water partition coefficient (Wildman–Crippen LogP) is 3.42. The molecule has 0 saturated carbocycles. The molecule has 108 valence electrons. The van der Waals surface area contributed by atoms with E-state index in [-0.39, 0.29) is 0 Å². The van der Waals surface area contributed by atoms with Crippen molar-refractivity contribution in [1.82, 2.24) is 9.78 Å². The molecule has 0 saturated heterocycles. The maximum atomic E-state index is 10.0. The average molecular weight is 272 g/mol. The van der Waals surface area contributed by atoms with E-state index in [1.807, 2.05) is 6.92 Å². The van der Waals surface area contributed by atoms with Crippen molar-refractivity contribution < 1.29 is 5.11 Å². The molecule has 1 aromatic carbocycles. The summed E-state index contributed by atoms with van der Waals surface area (Å²) in [6.07, 6.45) is 1.29. The van der Waals surface area contributed by atoms with Crippen LogP contribution in [0.15, 0.2) is 24.3 Å². The lowest BCUT2D eigenvalue weighted by molar-refractivity contribution is 0.197. The van der Waals surface area contributed by atoms with Gasteiger partial charge in [0.05, 0.1) is 18.3 Å². The number of hydrogen-bond donors (Lipinski definition) is 1. The van der Waals surface area contributed by atoms with Crippen LogP contribution in [0.2, 0.25) is 0 Å². The third kappa shape index (κ3) is 2.78. The van der Waals surface area contributed by atoms with Crippen LogP contribution in [0.25, 0.3) is 0 Å². The summed E-state index contributed by atoms with van der Waals surface area (Å²) in [4.78, 5) is 0. The number of hydrogen-bond acceptors (Lipinski definition) is 2. The molecule has 1 atom stereocenters. The van der Waals surface area contributed by atoms with Crippen LogP contribution in [0.4, 0.5) is 0 Å². The van der Waals surface area contributed by atoms with Gasteiger partial charge in [-0.3, -0.25) is 4.68 Å². The predicted molar refractivity (Wildman–Crippen MR) is 81.9 cm³/mol. The van der Waals surface area contributed by atoms with Gasteiger partial charge in [-0.15, -0.1) is 0 Å². The lowest BCUT2D eigenvalue weighted by Crippen LogP contribution is -2.08. The van der Waals surface area contributed by atoms with Gasteiger partial charge >= 0.3 is 0 Å². The molecule has 1 unspecified atom stereocenters. The molecule has 2 aromatic rings. The van der Waals surface area contributed by atoms with Crippen molar-refractivity contribution in [2.75, 3.05) is 0 Å². The molecule has 0 aliphatic heterocycles. The molecule has 2 rings (SSSR count). The van der Waals surface area contributed by atoms with Gasteiger partial charge in [-0.25, -0.2) is 0 Å². The van der Waals surface area contributed by atoms with Gasteiger partial charge in [-0.1, -0.05) is 38.1 Å². The highest BCUT2D eigenvalue weighted by Gasteiger charge is 2.19. The normalized spacial score (nSPS) is 12.7. The SMILES string of the molecule is CCc1nn(Cc2ccccc2C)c(CC)c1C(C)O. The average Bonchev–Trinajstić information content (AvgIpc) is 2.79. The molecular formula is C17H24N2O. The van der Waals surface area contributed by atoms with Gasteiger partial charge in [0.1, 0.15) is 0 Å². The molecule has 0 aliphatic rings. The van der Waals surface area contributed by atoms with Crippen molar-refractivity contribution in [3.63, 3.8) is 0 Å². The second-order valence-corrected chi connectivity index (χ2v) is 5.27. The number of benzene rings is 1. The zero-order valence-corrected chi connectivity index (χ0v) is 12.8. The number of aryl methyl sites for hydroxylation is 2. The third-order valence-corrected chi connectivity index (χ3v) is 3.84. The van der Waals surface area contributed by atoms with Gasteiger partial charge in [-0.05, 0) is 37.8 Å². The maximum absolute atomic E-state index is 10.0. The highest BCUT2D eigenvalue weighted by Crippen LogP contribution is 2.24.